The predicted octanol–water partition coefficient (Wildman–Crippen LogP) is 1.74. The number of sulfonamides is 1. The second-order valence-corrected chi connectivity index (χ2v) is 6.40. The van der Waals surface area contributed by atoms with Gasteiger partial charge < -0.3 is 10.1 Å². The fraction of sp³-hybridized carbons (Fsp3) is 0.417. The van der Waals surface area contributed by atoms with Crippen LogP contribution in [-0.4, -0.2) is 27.0 Å². The van der Waals surface area contributed by atoms with Crippen LogP contribution in [-0.2, 0) is 19.6 Å². The number of hydrogen-bond donors (Lipinski definition) is 2. The summed E-state index contributed by atoms with van der Waals surface area (Å²) in [5.74, 6) is -0.420. The average molecular weight is 321 g/mol. The number of carbonyl (C=O) groups is 1. The van der Waals surface area contributed by atoms with Crippen LogP contribution in [0.25, 0.3) is 0 Å². The minimum atomic E-state index is -3.87. The monoisotopic (exact) mass is 320 g/mol. The van der Waals surface area contributed by atoms with E-state index < -0.39 is 21.5 Å². The summed E-state index contributed by atoms with van der Waals surface area (Å²) >= 11 is 5.94. The third kappa shape index (κ3) is 3.69. The number of nitrogens with two attached hydrogens (primary N) is 1. The van der Waals surface area contributed by atoms with E-state index in [2.05, 4.69) is 5.32 Å². The molecule has 20 heavy (non-hydrogen) atoms. The van der Waals surface area contributed by atoms with Crippen LogP contribution in [0.2, 0.25) is 5.02 Å². The zero-order chi connectivity index (χ0) is 15.6. The highest BCUT2D eigenvalue weighted by Gasteiger charge is 2.31. The van der Waals surface area contributed by atoms with Crippen molar-refractivity contribution in [1.29, 1.82) is 0 Å². The van der Waals surface area contributed by atoms with Crippen molar-refractivity contribution in [3.05, 3.63) is 23.2 Å². The summed E-state index contributed by atoms with van der Waals surface area (Å²) < 4.78 is 27.7. The molecule has 0 aliphatic carbocycles. The molecule has 0 spiro atoms. The van der Waals surface area contributed by atoms with Crippen LogP contribution in [0.3, 0.4) is 0 Å². The molecule has 0 saturated carbocycles. The number of halogens is 1. The van der Waals surface area contributed by atoms with Crippen LogP contribution in [0.15, 0.2) is 23.1 Å². The largest absolute Gasteiger partial charge is 0.369 e. The minimum absolute atomic E-state index is 0.132. The minimum Gasteiger partial charge on any atom is -0.369 e. The Morgan fingerprint density at radius 1 is 1.50 bits per heavy atom. The average Bonchev–Trinajstić information content (AvgIpc) is 2.38. The van der Waals surface area contributed by atoms with Gasteiger partial charge in [0.1, 0.15) is 5.60 Å². The normalized spacial score (nSPS) is 14.7. The Labute approximate surface area is 123 Å². The van der Waals surface area contributed by atoms with Gasteiger partial charge in [-0.2, -0.15) is 0 Å². The number of primary sulfonamides is 1. The summed E-state index contributed by atoms with van der Waals surface area (Å²) in [6.45, 7) is 3.42. The number of ether oxygens (including phenoxy) is 1. The molecule has 112 valence electrons. The number of amides is 1. The Hall–Kier alpha value is -1.15. The Morgan fingerprint density at radius 3 is 2.55 bits per heavy atom. The molecule has 6 nitrogen and oxygen atoms in total. The van der Waals surface area contributed by atoms with Crippen molar-refractivity contribution in [3.63, 3.8) is 0 Å². The molecule has 0 bridgehead atoms. The maximum absolute atomic E-state index is 12.1. The summed E-state index contributed by atoms with van der Waals surface area (Å²) in [7, 11) is -2.44. The van der Waals surface area contributed by atoms with Crippen molar-refractivity contribution in [2.45, 2.75) is 30.8 Å². The van der Waals surface area contributed by atoms with Crippen molar-refractivity contribution >= 4 is 33.2 Å². The highest BCUT2D eigenvalue weighted by atomic mass is 35.5. The van der Waals surface area contributed by atoms with Crippen LogP contribution in [0.5, 0.6) is 0 Å². The van der Waals surface area contributed by atoms with Crippen LogP contribution >= 0.6 is 11.6 Å². The number of rotatable bonds is 5. The molecule has 3 N–H and O–H groups in total. The number of anilines is 1. The van der Waals surface area contributed by atoms with Gasteiger partial charge in [-0.25, -0.2) is 13.6 Å². The molecular formula is C12H17ClN2O4S. The fourth-order valence-corrected chi connectivity index (χ4v) is 2.13. The van der Waals surface area contributed by atoms with E-state index in [1.807, 2.05) is 0 Å². The lowest BCUT2D eigenvalue weighted by molar-refractivity contribution is -0.136. The van der Waals surface area contributed by atoms with Crippen molar-refractivity contribution in [3.8, 4) is 0 Å². The van der Waals surface area contributed by atoms with Gasteiger partial charge in [0.2, 0.25) is 10.0 Å². The first-order chi connectivity index (χ1) is 9.14. The highest BCUT2D eigenvalue weighted by molar-refractivity contribution is 7.89. The second-order valence-electron chi connectivity index (χ2n) is 4.43. The Morgan fingerprint density at radius 2 is 2.10 bits per heavy atom. The zero-order valence-electron chi connectivity index (χ0n) is 11.4. The summed E-state index contributed by atoms with van der Waals surface area (Å²) in [6.07, 6.45) is 0.446. The molecule has 8 heteroatoms. The van der Waals surface area contributed by atoms with Crippen molar-refractivity contribution < 1.29 is 17.9 Å². The van der Waals surface area contributed by atoms with Gasteiger partial charge in [0.05, 0.1) is 15.6 Å². The molecule has 1 amide bonds. The Kier molecular flexibility index (Phi) is 5.15. The number of carbonyl (C=O) groups excluding carboxylic acids is 1. The molecule has 0 heterocycles. The SMILES string of the molecule is CCC(C)(OC)C(=O)Nc1cc(S(N)(=O)=O)ccc1Cl. The van der Waals surface area contributed by atoms with Crippen LogP contribution in [0.4, 0.5) is 5.69 Å². The third-order valence-corrected chi connectivity index (χ3v) is 4.36. The molecule has 0 aromatic heterocycles. The highest BCUT2D eigenvalue weighted by Crippen LogP contribution is 2.26. The molecule has 0 saturated heterocycles. The van der Waals surface area contributed by atoms with Gasteiger partial charge in [-0.1, -0.05) is 18.5 Å². The van der Waals surface area contributed by atoms with Gasteiger partial charge in [0.15, 0.2) is 0 Å². The fourth-order valence-electron chi connectivity index (χ4n) is 1.43. The molecule has 1 aromatic rings. The molecule has 0 aliphatic rings. The van der Waals surface area contributed by atoms with Gasteiger partial charge in [-0.3, -0.25) is 4.79 Å². The van der Waals surface area contributed by atoms with Gasteiger partial charge in [0, 0.05) is 7.11 Å². The molecule has 0 aliphatic heterocycles. The van der Waals surface area contributed by atoms with Gasteiger partial charge in [0.25, 0.3) is 5.91 Å². The van der Waals surface area contributed by atoms with Crippen LogP contribution in [0, 0.1) is 0 Å². The van der Waals surface area contributed by atoms with Gasteiger partial charge in [-0.05, 0) is 31.5 Å². The van der Waals surface area contributed by atoms with E-state index in [9.17, 15) is 13.2 Å². The van der Waals surface area contributed by atoms with Gasteiger partial charge in [-0.15, -0.1) is 0 Å². The van der Waals surface area contributed by atoms with E-state index in [0.717, 1.165) is 0 Å². The molecule has 0 fully saturated rings. The van der Waals surface area contributed by atoms with E-state index in [1.165, 1.54) is 25.3 Å². The van der Waals surface area contributed by atoms with Crippen molar-refractivity contribution in [1.82, 2.24) is 0 Å². The van der Waals surface area contributed by atoms with E-state index in [1.54, 1.807) is 13.8 Å². The van der Waals surface area contributed by atoms with E-state index in [4.69, 9.17) is 21.5 Å². The smallest absolute Gasteiger partial charge is 0.256 e. The van der Waals surface area contributed by atoms with Crippen molar-refractivity contribution in [2.24, 2.45) is 5.14 Å². The van der Waals surface area contributed by atoms with E-state index in [-0.39, 0.29) is 15.6 Å². The molecule has 0 radical (unpaired) electrons. The summed E-state index contributed by atoms with van der Waals surface area (Å²) in [4.78, 5) is 12.0. The Bertz CT molecular complexity index is 612. The first-order valence-corrected chi connectivity index (χ1v) is 7.75. The number of hydrogen-bond acceptors (Lipinski definition) is 4. The Balaban J connectivity index is 3.13. The lowest BCUT2D eigenvalue weighted by atomic mass is 10.0. The zero-order valence-corrected chi connectivity index (χ0v) is 13.0. The maximum Gasteiger partial charge on any atom is 0.256 e. The summed E-state index contributed by atoms with van der Waals surface area (Å²) in [5.41, 5.74) is -0.860. The first kappa shape index (κ1) is 16.9. The lowest BCUT2D eigenvalue weighted by Crippen LogP contribution is -2.41. The summed E-state index contributed by atoms with van der Waals surface area (Å²) in [5, 5.41) is 7.79. The summed E-state index contributed by atoms with van der Waals surface area (Å²) in [6, 6.07) is 3.83. The van der Waals surface area contributed by atoms with Gasteiger partial charge >= 0.3 is 0 Å². The number of nitrogens with one attached hydrogen (secondary N) is 1. The van der Waals surface area contributed by atoms with Crippen LogP contribution < -0.4 is 10.5 Å². The molecular weight excluding hydrogens is 304 g/mol. The predicted molar refractivity (Wildman–Crippen MR) is 77.2 cm³/mol. The molecule has 1 unspecified atom stereocenters. The van der Waals surface area contributed by atoms with E-state index >= 15 is 0 Å². The number of methoxy groups -OCH3 is 1. The maximum atomic E-state index is 12.1. The number of benzene rings is 1. The molecule has 1 aromatic carbocycles. The second kappa shape index (κ2) is 6.09. The van der Waals surface area contributed by atoms with E-state index in [0.29, 0.717) is 6.42 Å². The van der Waals surface area contributed by atoms with Crippen molar-refractivity contribution in [2.75, 3.05) is 12.4 Å². The standard InChI is InChI=1S/C12H17ClN2O4S/c1-4-12(2,19-3)11(16)15-10-7-8(20(14,17)18)5-6-9(10)13/h5-7H,4H2,1-3H3,(H,15,16)(H2,14,17,18). The lowest BCUT2D eigenvalue weighted by Gasteiger charge is -2.25. The topological polar surface area (TPSA) is 98.5 Å². The third-order valence-electron chi connectivity index (χ3n) is 3.12. The quantitative estimate of drug-likeness (QED) is 0.863. The van der Waals surface area contributed by atoms with Crippen LogP contribution in [0.1, 0.15) is 20.3 Å². The molecule has 1 rings (SSSR count). The molecule has 1 atom stereocenters. The first-order valence-electron chi connectivity index (χ1n) is 5.83.